The number of aromatic nitrogens is 3. The zero-order valence-corrected chi connectivity index (χ0v) is 33.6. The number of methoxy groups -OCH3 is 1. The van der Waals surface area contributed by atoms with Crippen molar-refractivity contribution in [2.75, 3.05) is 27.2 Å². The molecule has 56 heavy (non-hydrogen) atoms. The molecule has 2 amide bonds. The number of hydrogen-bond acceptors (Lipinski definition) is 7. The van der Waals surface area contributed by atoms with E-state index < -0.39 is 44.5 Å². The van der Waals surface area contributed by atoms with Gasteiger partial charge in [-0.2, -0.15) is 18.3 Å². The van der Waals surface area contributed by atoms with E-state index in [1.165, 1.54) is 25.8 Å². The number of alkyl halides is 3. The van der Waals surface area contributed by atoms with E-state index in [2.05, 4.69) is 14.7 Å². The first-order chi connectivity index (χ1) is 26.4. The van der Waals surface area contributed by atoms with Gasteiger partial charge in [0.25, 0.3) is 11.8 Å². The van der Waals surface area contributed by atoms with Gasteiger partial charge in [-0.15, -0.1) is 0 Å². The molecule has 2 fully saturated rings. The van der Waals surface area contributed by atoms with Crippen LogP contribution in [0.3, 0.4) is 0 Å². The monoisotopic (exact) mass is 794 g/mol. The number of carbonyl (C=O) groups is 2. The molecule has 4 heterocycles. The van der Waals surface area contributed by atoms with Crippen LogP contribution in [0.15, 0.2) is 36.4 Å². The van der Waals surface area contributed by atoms with Gasteiger partial charge >= 0.3 is 6.18 Å². The van der Waals surface area contributed by atoms with Crippen LogP contribution in [0.5, 0.6) is 5.75 Å². The zero-order valence-electron chi connectivity index (χ0n) is 32.8. The van der Waals surface area contributed by atoms with Crippen molar-refractivity contribution in [1.82, 2.24) is 28.9 Å². The number of piperazine rings is 1. The lowest BCUT2D eigenvalue weighted by atomic mass is 9.81. The summed E-state index contributed by atoms with van der Waals surface area (Å²) in [6.07, 6.45) is 1.95. The summed E-state index contributed by atoms with van der Waals surface area (Å²) in [6.45, 7) is 7.37. The molecule has 0 radical (unpaired) electrons. The number of amides is 2. The number of aryl methyl sites for hydroxylation is 1. The van der Waals surface area contributed by atoms with Crippen LogP contribution >= 0.6 is 0 Å². The van der Waals surface area contributed by atoms with E-state index in [1.54, 1.807) is 19.2 Å². The molecule has 0 bridgehead atoms. The van der Waals surface area contributed by atoms with E-state index >= 15 is 0 Å². The molecule has 3 aliphatic rings. The molecule has 1 saturated heterocycles. The number of rotatable bonds is 7. The summed E-state index contributed by atoms with van der Waals surface area (Å²) in [5.74, 6) is -0.818. The third-order valence-electron chi connectivity index (χ3n) is 11.9. The van der Waals surface area contributed by atoms with E-state index in [0.29, 0.717) is 22.4 Å². The van der Waals surface area contributed by atoms with Gasteiger partial charge in [-0.05, 0) is 107 Å². The second kappa shape index (κ2) is 14.7. The first-order valence-electron chi connectivity index (χ1n) is 19.2. The minimum atomic E-state index is -4.92. The number of sulfonamides is 1. The Hall–Kier alpha value is -4.63. The molecule has 1 N–H and O–H groups in total. The van der Waals surface area contributed by atoms with Crippen molar-refractivity contribution in [3.63, 3.8) is 0 Å². The van der Waals surface area contributed by atoms with Crippen molar-refractivity contribution >= 4 is 44.4 Å². The summed E-state index contributed by atoms with van der Waals surface area (Å²) in [5, 5.41) is 4.01. The Balaban J connectivity index is 1.49. The highest BCUT2D eigenvalue weighted by molar-refractivity contribution is 7.90. The average molecular weight is 795 g/mol. The molecular formula is C41H49F3N6O5S. The van der Waals surface area contributed by atoms with E-state index in [9.17, 15) is 31.2 Å². The van der Waals surface area contributed by atoms with Crippen LogP contribution in [-0.4, -0.2) is 89.0 Å². The molecule has 15 heteroatoms. The number of nitrogens with zero attached hydrogens (tertiary/aromatic N) is 5. The molecule has 1 saturated carbocycles. The lowest BCUT2D eigenvalue weighted by molar-refractivity contribution is -0.141. The lowest BCUT2D eigenvalue weighted by Gasteiger charge is -2.42. The Kier molecular flexibility index (Phi) is 10.4. The van der Waals surface area contributed by atoms with Crippen LogP contribution in [0.25, 0.3) is 33.8 Å². The fraction of sp³-hybridized carbons (Fsp3) is 0.488. The molecular weight excluding hydrogens is 746 g/mol. The Morgan fingerprint density at radius 2 is 1.64 bits per heavy atom. The van der Waals surface area contributed by atoms with Crippen LogP contribution in [0.2, 0.25) is 0 Å². The molecule has 11 nitrogen and oxygen atoms in total. The molecule has 2 aliphatic heterocycles. The largest absolute Gasteiger partial charge is 0.497 e. The van der Waals surface area contributed by atoms with Gasteiger partial charge in [0.1, 0.15) is 5.75 Å². The standard InChI is InChI=1S/C41H49F3N6O5S/c1-23(2)56(53,54)46-39(51)27-13-15-32-33(19-27)50-22-29(17-28-18-30(55-7)14-16-31(28)37(50)34(32)26-11-9-8-10-12-26)36-35(38(41(42,43)44)45-48(36)6)40(52)49-20-24(3)47(5)25(4)21-49/h13-19,23-26H,8-12,20-22H2,1-7H3,(H,46,51). The highest BCUT2D eigenvalue weighted by Gasteiger charge is 2.44. The molecule has 2 atom stereocenters. The van der Waals surface area contributed by atoms with Gasteiger partial charge in [-0.3, -0.25) is 19.2 Å². The number of hydrogen-bond donors (Lipinski definition) is 1. The van der Waals surface area contributed by atoms with Crippen molar-refractivity contribution < 1.29 is 35.9 Å². The first-order valence-corrected chi connectivity index (χ1v) is 20.7. The summed E-state index contributed by atoms with van der Waals surface area (Å²) >= 11 is 0. The molecule has 2 unspecified atom stereocenters. The minimum Gasteiger partial charge on any atom is -0.497 e. The summed E-state index contributed by atoms with van der Waals surface area (Å²) < 4.78 is 81.3. The SMILES string of the molecule is COc1ccc2c(c1)C=C(c1c(C(=O)N3CC(C)N(C)C(C)C3)c(C(F)(F)F)nn1C)Cn1c-2c(C2CCCCC2)c2ccc(C(=O)NS(=O)(=O)C(C)C)cc21. The molecule has 1 aliphatic carbocycles. The van der Waals surface area contributed by atoms with Gasteiger partial charge in [0.15, 0.2) is 5.69 Å². The van der Waals surface area contributed by atoms with E-state index in [0.717, 1.165) is 59.0 Å². The highest BCUT2D eigenvalue weighted by atomic mass is 32.2. The summed E-state index contributed by atoms with van der Waals surface area (Å²) in [6, 6.07) is 10.6. The zero-order chi connectivity index (χ0) is 40.4. The van der Waals surface area contributed by atoms with Gasteiger partial charge < -0.3 is 14.2 Å². The maximum Gasteiger partial charge on any atom is 0.435 e. The number of allylic oxidation sites excluding steroid dienone is 1. The lowest BCUT2D eigenvalue weighted by Crippen LogP contribution is -2.56. The maximum atomic E-state index is 14.9. The maximum absolute atomic E-state index is 14.9. The third kappa shape index (κ3) is 7.01. The molecule has 0 spiro atoms. The smallest absolute Gasteiger partial charge is 0.435 e. The Morgan fingerprint density at radius 1 is 0.964 bits per heavy atom. The van der Waals surface area contributed by atoms with Crippen molar-refractivity contribution in [2.45, 2.75) is 95.8 Å². The van der Waals surface area contributed by atoms with Crippen molar-refractivity contribution in [3.8, 4) is 17.0 Å². The number of halogens is 3. The van der Waals surface area contributed by atoms with Crippen molar-refractivity contribution in [2.24, 2.45) is 7.05 Å². The second-order valence-electron chi connectivity index (χ2n) is 15.8. The quantitative estimate of drug-likeness (QED) is 0.209. The summed E-state index contributed by atoms with van der Waals surface area (Å²) in [7, 11) is 0.971. The third-order valence-corrected chi connectivity index (χ3v) is 13.6. The van der Waals surface area contributed by atoms with E-state index in [1.807, 2.05) is 55.8 Å². The Bertz CT molecular complexity index is 2340. The van der Waals surface area contributed by atoms with Gasteiger partial charge in [-0.1, -0.05) is 25.3 Å². The van der Waals surface area contributed by atoms with Crippen molar-refractivity contribution in [3.05, 3.63) is 70.0 Å². The van der Waals surface area contributed by atoms with Crippen LogP contribution in [0.4, 0.5) is 13.2 Å². The minimum absolute atomic E-state index is 0.0254. The molecule has 4 aromatic rings. The normalized spacial score (nSPS) is 19.8. The van der Waals surface area contributed by atoms with Gasteiger partial charge in [-0.25, -0.2) is 13.1 Å². The average Bonchev–Trinajstić information content (AvgIpc) is 3.61. The molecule has 2 aromatic heterocycles. The molecule has 2 aromatic carbocycles. The Labute approximate surface area is 325 Å². The van der Waals surface area contributed by atoms with Crippen LogP contribution in [0, 0.1) is 0 Å². The van der Waals surface area contributed by atoms with Crippen molar-refractivity contribution in [1.29, 1.82) is 0 Å². The predicted molar refractivity (Wildman–Crippen MR) is 210 cm³/mol. The second-order valence-corrected chi connectivity index (χ2v) is 18.1. The fourth-order valence-corrected chi connectivity index (χ4v) is 9.27. The number of ether oxygens (including phenoxy) is 1. The number of carbonyl (C=O) groups excluding carboxylic acids is 2. The van der Waals surface area contributed by atoms with Gasteiger partial charge in [0.2, 0.25) is 10.0 Å². The van der Waals surface area contributed by atoms with E-state index in [-0.39, 0.29) is 48.9 Å². The molecule has 300 valence electrons. The fourth-order valence-electron chi connectivity index (χ4n) is 8.65. The van der Waals surface area contributed by atoms with Gasteiger partial charge in [0.05, 0.1) is 35.9 Å². The van der Waals surface area contributed by atoms with Crippen LogP contribution < -0.4 is 9.46 Å². The summed E-state index contributed by atoms with van der Waals surface area (Å²) in [4.78, 5) is 31.6. The Morgan fingerprint density at radius 3 is 2.27 bits per heavy atom. The topological polar surface area (TPSA) is 119 Å². The molecule has 7 rings (SSSR count). The number of fused-ring (bicyclic) bond motifs is 5. The van der Waals surface area contributed by atoms with E-state index in [4.69, 9.17) is 4.74 Å². The van der Waals surface area contributed by atoms with Gasteiger partial charge in [0, 0.05) is 54.3 Å². The first kappa shape index (κ1) is 39.6. The number of benzene rings is 2. The highest BCUT2D eigenvalue weighted by Crippen LogP contribution is 2.48. The van der Waals surface area contributed by atoms with Crippen LogP contribution in [0.1, 0.15) is 109 Å². The number of likely N-dealkylation sites (N-methyl/N-ethyl adjacent to an activating group) is 1. The summed E-state index contributed by atoms with van der Waals surface area (Å²) in [5.41, 5.74) is 2.87. The number of nitrogens with one attached hydrogen (secondary N) is 1. The predicted octanol–water partition coefficient (Wildman–Crippen LogP) is 7.30. The van der Waals surface area contributed by atoms with Crippen LogP contribution in [-0.2, 0) is 29.8 Å².